The number of halogens is 3. The number of piperazine rings is 1. The van der Waals surface area contributed by atoms with Crippen molar-refractivity contribution in [2.24, 2.45) is 0 Å². The maximum atomic E-state index is 13.2. The summed E-state index contributed by atoms with van der Waals surface area (Å²) in [4.78, 5) is 4.20. The standard InChI is InChI=1S/C32H34F3N3O3/c33-32(34,35)25-9-4-10-26(19-25)37-15-13-36(14-16-37)20-27(41-17-5-8-22-6-2-1-3-7-22)21-38-30(39)28-23-11-12-24(18-23)29(28)31(38)40/h1-12,19,23-24,27,39-40H,13-18,20-21H2/t23-,24?,27?/m0/s1. The molecule has 0 amide bonds. The van der Waals surface area contributed by atoms with E-state index in [9.17, 15) is 23.4 Å². The number of nitrogens with zero attached hydrogens (tertiary/aromatic N) is 3. The molecule has 1 fully saturated rings. The van der Waals surface area contributed by atoms with Crippen molar-refractivity contribution in [3.63, 3.8) is 0 Å². The van der Waals surface area contributed by atoms with Gasteiger partial charge in [0.05, 0.1) is 24.8 Å². The summed E-state index contributed by atoms with van der Waals surface area (Å²) in [5, 5.41) is 22.1. The van der Waals surface area contributed by atoms with Crippen LogP contribution >= 0.6 is 0 Å². The number of alkyl halides is 3. The zero-order chi connectivity index (χ0) is 28.6. The molecule has 2 unspecified atom stereocenters. The van der Waals surface area contributed by atoms with Crippen molar-refractivity contribution in [1.82, 2.24) is 9.47 Å². The van der Waals surface area contributed by atoms with Crippen LogP contribution in [0.1, 0.15) is 40.5 Å². The zero-order valence-corrected chi connectivity index (χ0v) is 22.7. The summed E-state index contributed by atoms with van der Waals surface area (Å²) in [7, 11) is 0. The maximum Gasteiger partial charge on any atom is 0.416 e. The van der Waals surface area contributed by atoms with Crippen molar-refractivity contribution < 1.29 is 28.1 Å². The van der Waals surface area contributed by atoms with E-state index in [0.717, 1.165) is 29.2 Å². The Morgan fingerprint density at radius 2 is 1.56 bits per heavy atom. The lowest BCUT2D eigenvalue weighted by Gasteiger charge is -2.37. The van der Waals surface area contributed by atoms with Crippen molar-refractivity contribution in [1.29, 1.82) is 0 Å². The molecule has 1 aromatic heterocycles. The molecule has 2 bridgehead atoms. The molecular weight excluding hydrogens is 531 g/mol. The van der Waals surface area contributed by atoms with Crippen LogP contribution in [0.25, 0.3) is 6.08 Å². The van der Waals surface area contributed by atoms with E-state index in [1.54, 1.807) is 10.6 Å². The van der Waals surface area contributed by atoms with Gasteiger partial charge in [-0.15, -0.1) is 0 Å². The number of rotatable bonds is 9. The van der Waals surface area contributed by atoms with Gasteiger partial charge in [0.15, 0.2) is 11.8 Å². The first kappa shape index (κ1) is 27.5. The topological polar surface area (TPSA) is 61.1 Å². The molecular formula is C32H34F3N3O3. The lowest BCUT2D eigenvalue weighted by Crippen LogP contribution is -2.49. The van der Waals surface area contributed by atoms with Gasteiger partial charge in [-0.25, -0.2) is 0 Å². The third-order valence-corrected chi connectivity index (χ3v) is 8.41. The fraction of sp³-hybridized carbons (Fsp3) is 0.375. The molecule has 2 aromatic carbocycles. The summed E-state index contributed by atoms with van der Waals surface area (Å²) < 4.78 is 47.5. The highest BCUT2D eigenvalue weighted by Crippen LogP contribution is 2.56. The fourth-order valence-electron chi connectivity index (χ4n) is 6.33. The summed E-state index contributed by atoms with van der Waals surface area (Å²) in [6.07, 6.45) is 4.34. The monoisotopic (exact) mass is 565 g/mol. The van der Waals surface area contributed by atoms with Gasteiger partial charge in [0.1, 0.15) is 0 Å². The van der Waals surface area contributed by atoms with Crippen LogP contribution in [0.15, 0.2) is 72.8 Å². The molecule has 2 heterocycles. The van der Waals surface area contributed by atoms with Crippen molar-refractivity contribution >= 4 is 11.8 Å². The number of hydrogen-bond donors (Lipinski definition) is 2. The first-order chi connectivity index (χ1) is 19.8. The molecule has 3 atom stereocenters. The summed E-state index contributed by atoms with van der Waals surface area (Å²) in [6.45, 7) is 3.70. The molecule has 3 aromatic rings. The second-order valence-corrected chi connectivity index (χ2v) is 11.0. The van der Waals surface area contributed by atoms with Crippen molar-refractivity contribution in [3.05, 3.63) is 95.1 Å². The van der Waals surface area contributed by atoms with Crippen molar-refractivity contribution in [2.45, 2.75) is 37.1 Å². The van der Waals surface area contributed by atoms with E-state index in [1.807, 2.05) is 47.4 Å². The summed E-state index contributed by atoms with van der Waals surface area (Å²) in [5.74, 6) is 0.493. The van der Waals surface area contributed by atoms with Gasteiger partial charge in [-0.1, -0.05) is 60.7 Å². The molecule has 216 valence electrons. The second kappa shape index (κ2) is 11.3. The number of fused-ring (bicyclic) bond motifs is 5. The predicted octanol–water partition coefficient (Wildman–Crippen LogP) is 5.98. The van der Waals surface area contributed by atoms with Crippen molar-refractivity contribution in [3.8, 4) is 11.8 Å². The molecule has 6 rings (SSSR count). The van der Waals surface area contributed by atoms with Crippen LogP contribution in [0.4, 0.5) is 18.9 Å². The number of benzene rings is 2. The first-order valence-corrected chi connectivity index (χ1v) is 14.1. The minimum absolute atomic E-state index is 0.108. The Morgan fingerprint density at radius 3 is 2.22 bits per heavy atom. The number of anilines is 1. The first-order valence-electron chi connectivity index (χ1n) is 14.1. The van der Waals surface area contributed by atoms with Crippen molar-refractivity contribution in [2.75, 3.05) is 44.2 Å². The van der Waals surface area contributed by atoms with E-state index in [-0.39, 0.29) is 36.2 Å². The van der Waals surface area contributed by atoms with Gasteiger partial charge in [-0.05, 0) is 30.2 Å². The number of aromatic hydroxyl groups is 2. The molecule has 2 N–H and O–H groups in total. The Hall–Kier alpha value is -3.69. The SMILES string of the molecule is Oc1c2c(c(O)n1CC(CN1CCN(c3cccc(C(F)(F)F)c3)CC1)OCC=Cc1ccccc1)[C@H]1C=CC2C1. The average Bonchev–Trinajstić information content (AvgIpc) is 3.66. The second-order valence-electron chi connectivity index (χ2n) is 11.0. The largest absolute Gasteiger partial charge is 0.494 e. The van der Waals surface area contributed by atoms with Crippen LogP contribution in [0, 0.1) is 0 Å². The summed E-state index contributed by atoms with van der Waals surface area (Å²) in [6, 6.07) is 15.4. The van der Waals surface area contributed by atoms with E-state index >= 15 is 0 Å². The molecule has 9 heteroatoms. The van der Waals surface area contributed by atoms with Crippen LogP contribution in [0.3, 0.4) is 0 Å². The molecule has 1 saturated heterocycles. The lowest BCUT2D eigenvalue weighted by molar-refractivity contribution is -0.137. The van der Waals surface area contributed by atoms with E-state index in [2.05, 4.69) is 17.1 Å². The molecule has 2 aliphatic carbocycles. The highest BCUT2D eigenvalue weighted by atomic mass is 19.4. The third-order valence-electron chi connectivity index (χ3n) is 8.41. The van der Waals surface area contributed by atoms with Gasteiger partial charge in [0.2, 0.25) is 0 Å². The van der Waals surface area contributed by atoms with E-state index in [1.165, 1.54) is 12.1 Å². The molecule has 41 heavy (non-hydrogen) atoms. The van der Waals surface area contributed by atoms with Gasteiger partial charge in [-0.2, -0.15) is 13.2 Å². The van der Waals surface area contributed by atoms with Gasteiger partial charge < -0.3 is 19.8 Å². The van der Waals surface area contributed by atoms with Crippen LogP contribution in [0.2, 0.25) is 0 Å². The Balaban J connectivity index is 1.13. The summed E-state index contributed by atoms with van der Waals surface area (Å²) in [5.41, 5.74) is 2.65. The maximum absolute atomic E-state index is 13.2. The normalized spacial score (nSPS) is 21.2. The Bertz CT molecular complexity index is 1390. The zero-order valence-electron chi connectivity index (χ0n) is 22.7. The molecule has 1 aliphatic heterocycles. The molecule has 3 aliphatic rings. The minimum atomic E-state index is -4.37. The van der Waals surface area contributed by atoms with E-state index < -0.39 is 11.7 Å². The number of allylic oxidation sites excluding steroid dienone is 2. The van der Waals surface area contributed by atoms with Crippen LogP contribution in [0.5, 0.6) is 11.8 Å². The quantitative estimate of drug-likeness (QED) is 0.313. The van der Waals surface area contributed by atoms with Crippen LogP contribution in [-0.4, -0.2) is 65.1 Å². The summed E-state index contributed by atoms with van der Waals surface area (Å²) >= 11 is 0. The minimum Gasteiger partial charge on any atom is -0.494 e. The van der Waals surface area contributed by atoms with Crippen LogP contribution in [-0.2, 0) is 17.5 Å². The highest BCUT2D eigenvalue weighted by molar-refractivity contribution is 5.58. The predicted molar refractivity (Wildman–Crippen MR) is 152 cm³/mol. The Kier molecular flexibility index (Phi) is 7.57. The molecule has 0 saturated carbocycles. The third kappa shape index (κ3) is 5.74. The molecule has 6 nitrogen and oxygen atoms in total. The van der Waals surface area contributed by atoms with Gasteiger partial charge in [-0.3, -0.25) is 9.47 Å². The lowest BCUT2D eigenvalue weighted by atomic mass is 10.0. The van der Waals surface area contributed by atoms with Gasteiger partial charge >= 0.3 is 6.18 Å². The Labute approximate surface area is 237 Å². The smallest absolute Gasteiger partial charge is 0.416 e. The molecule has 0 spiro atoms. The number of hydrogen-bond acceptors (Lipinski definition) is 5. The van der Waals surface area contributed by atoms with E-state index in [0.29, 0.717) is 45.0 Å². The average molecular weight is 566 g/mol. The van der Waals surface area contributed by atoms with Gasteiger partial charge in [0.25, 0.3) is 0 Å². The highest BCUT2D eigenvalue weighted by Gasteiger charge is 2.41. The van der Waals surface area contributed by atoms with Crippen LogP contribution < -0.4 is 4.90 Å². The van der Waals surface area contributed by atoms with Gasteiger partial charge in [0, 0.05) is 61.4 Å². The Morgan fingerprint density at radius 1 is 0.878 bits per heavy atom. The number of aromatic nitrogens is 1. The fourth-order valence-corrected chi connectivity index (χ4v) is 6.33. The van der Waals surface area contributed by atoms with E-state index in [4.69, 9.17) is 4.74 Å². The molecule has 0 radical (unpaired) electrons. The number of ether oxygens (including phenoxy) is 1.